The third-order valence-corrected chi connectivity index (χ3v) is 4.75. The summed E-state index contributed by atoms with van der Waals surface area (Å²) in [5, 5.41) is 13.9. The van der Waals surface area contributed by atoms with Gasteiger partial charge in [-0.05, 0) is 36.8 Å². The Morgan fingerprint density at radius 2 is 1.81 bits per heavy atom. The van der Waals surface area contributed by atoms with Crippen molar-refractivity contribution in [2.45, 2.75) is 17.9 Å². The lowest BCUT2D eigenvalue weighted by Crippen LogP contribution is -2.31. The van der Waals surface area contributed by atoms with Crippen molar-refractivity contribution in [1.82, 2.24) is 5.32 Å². The van der Waals surface area contributed by atoms with Gasteiger partial charge in [0.25, 0.3) is 11.6 Å². The van der Waals surface area contributed by atoms with Gasteiger partial charge in [0.2, 0.25) is 0 Å². The standard InChI is InChI=1S/C18H17ClN2O5S/c1-12(13-2-4-14(19)5-3-13)20-17(22)10-26-18(23)11-27-16-8-6-15(7-9-16)21(24)25/h2-9,12H,10-11H2,1H3,(H,20,22)/t12-/m1/s1. The maximum absolute atomic E-state index is 11.9. The van der Waals surface area contributed by atoms with Gasteiger partial charge in [0.15, 0.2) is 6.61 Å². The van der Waals surface area contributed by atoms with Crippen LogP contribution in [-0.4, -0.2) is 29.2 Å². The average molecular weight is 409 g/mol. The molecule has 1 amide bonds. The molecule has 2 aromatic rings. The zero-order valence-corrected chi connectivity index (χ0v) is 16.0. The van der Waals surface area contributed by atoms with Crippen LogP contribution in [0.1, 0.15) is 18.5 Å². The van der Waals surface area contributed by atoms with E-state index in [1.807, 2.05) is 6.92 Å². The number of amides is 1. The molecule has 0 unspecified atom stereocenters. The number of thioether (sulfide) groups is 1. The number of hydrogen-bond donors (Lipinski definition) is 1. The van der Waals surface area contributed by atoms with Gasteiger partial charge in [0.1, 0.15) is 0 Å². The number of ether oxygens (including phenoxy) is 1. The largest absolute Gasteiger partial charge is 0.455 e. The van der Waals surface area contributed by atoms with Crippen LogP contribution in [0.3, 0.4) is 0 Å². The number of carbonyl (C=O) groups is 2. The minimum atomic E-state index is -0.548. The Bertz CT molecular complexity index is 812. The van der Waals surface area contributed by atoms with E-state index in [2.05, 4.69) is 5.32 Å². The number of non-ortho nitro benzene ring substituents is 1. The number of hydrogen-bond acceptors (Lipinski definition) is 6. The number of nitrogens with one attached hydrogen (secondary N) is 1. The van der Waals surface area contributed by atoms with Crippen molar-refractivity contribution in [3.63, 3.8) is 0 Å². The summed E-state index contributed by atoms with van der Waals surface area (Å²) in [5.74, 6) is -0.962. The number of nitro benzene ring substituents is 1. The molecule has 1 N–H and O–H groups in total. The van der Waals surface area contributed by atoms with Crippen LogP contribution in [0.25, 0.3) is 0 Å². The molecule has 0 aliphatic rings. The van der Waals surface area contributed by atoms with Crippen LogP contribution in [0.5, 0.6) is 0 Å². The lowest BCUT2D eigenvalue weighted by Gasteiger charge is -2.14. The summed E-state index contributed by atoms with van der Waals surface area (Å²) in [7, 11) is 0. The Labute approximate surface area is 165 Å². The van der Waals surface area contributed by atoms with E-state index in [-0.39, 0.29) is 24.1 Å². The second-order valence-corrected chi connectivity index (χ2v) is 7.03. The SMILES string of the molecule is C[C@@H](NC(=O)COC(=O)CSc1ccc([N+](=O)[O-])cc1)c1ccc(Cl)cc1. The summed E-state index contributed by atoms with van der Waals surface area (Å²) in [6.07, 6.45) is 0. The molecule has 0 radical (unpaired) electrons. The number of carbonyl (C=O) groups excluding carboxylic acids is 2. The average Bonchev–Trinajstić information content (AvgIpc) is 2.65. The highest BCUT2D eigenvalue weighted by Gasteiger charge is 2.12. The first-order valence-corrected chi connectivity index (χ1v) is 9.29. The van der Waals surface area contributed by atoms with Gasteiger partial charge in [-0.3, -0.25) is 19.7 Å². The summed E-state index contributed by atoms with van der Waals surface area (Å²) in [4.78, 5) is 34.4. The molecule has 0 bridgehead atoms. The van der Waals surface area contributed by atoms with E-state index < -0.39 is 16.8 Å². The number of nitro groups is 1. The highest BCUT2D eigenvalue weighted by atomic mass is 35.5. The van der Waals surface area contributed by atoms with Gasteiger partial charge < -0.3 is 10.1 Å². The zero-order chi connectivity index (χ0) is 19.8. The third kappa shape index (κ3) is 6.92. The molecule has 0 aliphatic carbocycles. The van der Waals surface area contributed by atoms with Crippen molar-refractivity contribution in [3.8, 4) is 0 Å². The Hall–Kier alpha value is -2.58. The topological polar surface area (TPSA) is 98.5 Å². The summed E-state index contributed by atoms with van der Waals surface area (Å²) in [5.41, 5.74) is 0.862. The number of benzene rings is 2. The van der Waals surface area contributed by atoms with Gasteiger partial charge in [-0.25, -0.2) is 0 Å². The van der Waals surface area contributed by atoms with Crippen LogP contribution < -0.4 is 5.32 Å². The molecule has 2 rings (SSSR count). The van der Waals surface area contributed by atoms with E-state index in [4.69, 9.17) is 16.3 Å². The first kappa shape index (κ1) is 20.7. The lowest BCUT2D eigenvalue weighted by molar-refractivity contribution is -0.384. The molecule has 7 nitrogen and oxygen atoms in total. The van der Waals surface area contributed by atoms with E-state index in [9.17, 15) is 19.7 Å². The van der Waals surface area contributed by atoms with Gasteiger partial charge in [0.05, 0.1) is 16.7 Å². The van der Waals surface area contributed by atoms with Crippen LogP contribution in [0.4, 0.5) is 5.69 Å². The summed E-state index contributed by atoms with van der Waals surface area (Å²) in [6.45, 7) is 1.44. The molecule has 0 aromatic heterocycles. The molecule has 0 fully saturated rings. The minimum Gasteiger partial charge on any atom is -0.455 e. The van der Waals surface area contributed by atoms with E-state index in [1.165, 1.54) is 23.9 Å². The van der Waals surface area contributed by atoms with Crippen molar-refractivity contribution in [2.24, 2.45) is 0 Å². The monoisotopic (exact) mass is 408 g/mol. The predicted octanol–water partition coefficient (Wildman–Crippen LogP) is 3.76. The molecule has 1 atom stereocenters. The fourth-order valence-corrected chi connectivity index (χ4v) is 2.93. The van der Waals surface area contributed by atoms with Crippen LogP contribution in [0.2, 0.25) is 5.02 Å². The molecule has 0 spiro atoms. The van der Waals surface area contributed by atoms with E-state index in [0.29, 0.717) is 9.92 Å². The van der Waals surface area contributed by atoms with E-state index in [0.717, 1.165) is 5.56 Å². The molecular weight excluding hydrogens is 392 g/mol. The number of nitrogens with zero attached hydrogens (tertiary/aromatic N) is 1. The molecule has 9 heteroatoms. The van der Waals surface area contributed by atoms with Crippen LogP contribution in [-0.2, 0) is 14.3 Å². The first-order chi connectivity index (χ1) is 12.8. The Morgan fingerprint density at radius 3 is 2.41 bits per heavy atom. The van der Waals surface area contributed by atoms with Crippen LogP contribution in [0.15, 0.2) is 53.4 Å². The minimum absolute atomic E-state index is 0.00215. The van der Waals surface area contributed by atoms with Crippen molar-refractivity contribution >= 4 is 40.9 Å². The second kappa shape index (κ2) is 9.94. The zero-order valence-electron chi connectivity index (χ0n) is 14.4. The molecule has 0 heterocycles. The second-order valence-electron chi connectivity index (χ2n) is 5.54. The third-order valence-electron chi connectivity index (χ3n) is 3.52. The van der Waals surface area contributed by atoms with Crippen LogP contribution >= 0.6 is 23.4 Å². The summed E-state index contributed by atoms with van der Waals surface area (Å²) >= 11 is 7.00. The molecule has 0 saturated heterocycles. The van der Waals surface area contributed by atoms with Gasteiger partial charge >= 0.3 is 5.97 Å². The van der Waals surface area contributed by atoms with Crippen molar-refractivity contribution in [1.29, 1.82) is 0 Å². The molecular formula is C18H17ClN2O5S. The summed E-state index contributed by atoms with van der Waals surface area (Å²) in [6, 6.07) is 12.7. The Morgan fingerprint density at radius 1 is 1.19 bits per heavy atom. The van der Waals surface area contributed by atoms with E-state index >= 15 is 0 Å². The molecule has 2 aromatic carbocycles. The van der Waals surface area contributed by atoms with Gasteiger partial charge in [-0.2, -0.15) is 0 Å². The quantitative estimate of drug-likeness (QED) is 0.309. The molecule has 0 saturated carbocycles. The van der Waals surface area contributed by atoms with Gasteiger partial charge in [-0.1, -0.05) is 23.7 Å². The fraction of sp³-hybridized carbons (Fsp3) is 0.222. The Kier molecular flexibility index (Phi) is 7.63. The number of halogens is 1. The van der Waals surface area contributed by atoms with Gasteiger partial charge in [-0.15, -0.1) is 11.8 Å². The molecule has 27 heavy (non-hydrogen) atoms. The maximum Gasteiger partial charge on any atom is 0.316 e. The normalized spacial score (nSPS) is 11.5. The first-order valence-electron chi connectivity index (χ1n) is 7.93. The number of rotatable bonds is 8. The molecule has 142 valence electrons. The summed E-state index contributed by atoms with van der Waals surface area (Å²) < 4.78 is 4.94. The van der Waals surface area contributed by atoms with Crippen molar-refractivity contribution in [3.05, 3.63) is 69.2 Å². The van der Waals surface area contributed by atoms with Crippen molar-refractivity contribution < 1.29 is 19.2 Å². The highest BCUT2D eigenvalue weighted by Crippen LogP contribution is 2.21. The smallest absolute Gasteiger partial charge is 0.316 e. The maximum atomic E-state index is 11.9. The Balaban J connectivity index is 1.72. The highest BCUT2D eigenvalue weighted by molar-refractivity contribution is 8.00. The van der Waals surface area contributed by atoms with Gasteiger partial charge in [0, 0.05) is 22.1 Å². The van der Waals surface area contributed by atoms with E-state index in [1.54, 1.807) is 36.4 Å². The number of esters is 1. The predicted molar refractivity (Wildman–Crippen MR) is 103 cm³/mol. The van der Waals surface area contributed by atoms with Crippen molar-refractivity contribution in [2.75, 3.05) is 12.4 Å². The fourth-order valence-electron chi connectivity index (χ4n) is 2.11. The molecule has 0 aliphatic heterocycles. The lowest BCUT2D eigenvalue weighted by atomic mass is 10.1. The van der Waals surface area contributed by atoms with Crippen LogP contribution in [0, 0.1) is 10.1 Å².